The predicted octanol–water partition coefficient (Wildman–Crippen LogP) is 5.05. The average molecular weight is 541 g/mol. The molecule has 11 nitrogen and oxygen atoms in total. The Morgan fingerprint density at radius 3 is 2.49 bits per heavy atom. The molecule has 0 saturated heterocycles. The second kappa shape index (κ2) is 17.5. The fourth-order valence-corrected chi connectivity index (χ4v) is 4.65. The van der Waals surface area contributed by atoms with Crippen LogP contribution < -0.4 is 11.5 Å². The van der Waals surface area contributed by atoms with Crippen molar-refractivity contribution in [2.45, 2.75) is 90.7 Å². The maximum atomic E-state index is 12.2. The largest absolute Gasteiger partial charge is 0.382 e. The number of hydrogen-bond acceptors (Lipinski definition) is 9. The summed E-state index contributed by atoms with van der Waals surface area (Å²) in [6, 6.07) is 0. The zero-order valence-corrected chi connectivity index (χ0v) is 23.3. The van der Waals surface area contributed by atoms with E-state index < -0.39 is 20.0 Å². The molecule has 5 N–H and O–H groups in total. The standard InChI is InChI=1S/C25H45N6O5P/c1-3-4-5-6-7-8-9-10-11-12-13-14-15-34-16-17-36-37(32,33)20-35-21(2)18-31-19-28-22-23(26)29-25(27)30-24(22)31/h6-7,19,21H,3-5,8-18,20H2,1-2H3,(H,32,33)(H4,26,27,29,30)/b7-6-/t21-/m1/s1. The Morgan fingerprint density at radius 1 is 1.03 bits per heavy atom. The molecule has 2 aromatic rings. The summed E-state index contributed by atoms with van der Waals surface area (Å²) in [5, 5.41) is 0. The van der Waals surface area contributed by atoms with Gasteiger partial charge in [-0.3, -0.25) is 4.57 Å². The number of anilines is 2. The summed E-state index contributed by atoms with van der Waals surface area (Å²) in [5.41, 5.74) is 12.4. The molecule has 2 aromatic heterocycles. The van der Waals surface area contributed by atoms with Crippen molar-refractivity contribution >= 4 is 30.5 Å². The van der Waals surface area contributed by atoms with Crippen LogP contribution in [0.1, 0.15) is 78.1 Å². The molecule has 37 heavy (non-hydrogen) atoms. The van der Waals surface area contributed by atoms with Crippen molar-refractivity contribution in [1.29, 1.82) is 0 Å². The van der Waals surface area contributed by atoms with Crippen LogP contribution in [-0.2, 0) is 25.1 Å². The molecule has 0 spiro atoms. The number of allylic oxidation sites excluding steroid dienone is 2. The number of imidazole rings is 1. The number of rotatable bonds is 21. The summed E-state index contributed by atoms with van der Waals surface area (Å²) in [7, 11) is -3.89. The molecule has 0 aromatic carbocycles. The highest BCUT2D eigenvalue weighted by molar-refractivity contribution is 7.52. The quantitative estimate of drug-likeness (QED) is 0.111. The molecule has 0 aliphatic rings. The third-order valence-corrected chi connectivity index (χ3v) is 6.87. The van der Waals surface area contributed by atoms with Gasteiger partial charge in [0.25, 0.3) is 0 Å². The van der Waals surface area contributed by atoms with E-state index in [0.29, 0.717) is 24.3 Å². The molecule has 1 unspecified atom stereocenters. The molecule has 0 amide bonds. The number of unbranched alkanes of at least 4 members (excludes halogenated alkanes) is 8. The molecule has 2 heterocycles. The monoisotopic (exact) mass is 540 g/mol. The first kappa shape index (κ1) is 31.2. The fourth-order valence-electron chi connectivity index (χ4n) is 3.78. The van der Waals surface area contributed by atoms with E-state index in [1.165, 1.54) is 51.4 Å². The summed E-state index contributed by atoms with van der Waals surface area (Å²) >= 11 is 0. The van der Waals surface area contributed by atoms with Gasteiger partial charge in [0.1, 0.15) is 11.9 Å². The number of ether oxygens (including phenoxy) is 2. The Labute approximate surface area is 220 Å². The molecule has 210 valence electrons. The van der Waals surface area contributed by atoms with Crippen molar-refractivity contribution < 1.29 is 23.5 Å². The lowest BCUT2D eigenvalue weighted by molar-refractivity contribution is 0.0610. The van der Waals surface area contributed by atoms with E-state index in [-0.39, 0.29) is 25.0 Å². The Balaban J connectivity index is 1.48. The van der Waals surface area contributed by atoms with E-state index in [2.05, 4.69) is 34.0 Å². The first-order valence-electron chi connectivity index (χ1n) is 13.4. The molecule has 12 heteroatoms. The molecule has 0 aliphatic heterocycles. The minimum Gasteiger partial charge on any atom is -0.382 e. The van der Waals surface area contributed by atoms with Gasteiger partial charge in [0, 0.05) is 6.61 Å². The van der Waals surface area contributed by atoms with Gasteiger partial charge in [-0.15, -0.1) is 0 Å². The molecule has 0 fully saturated rings. The number of nitrogens with zero attached hydrogens (tertiary/aromatic N) is 4. The van der Waals surface area contributed by atoms with Crippen molar-refractivity contribution in [2.75, 3.05) is 37.6 Å². The number of nitrogen functional groups attached to an aromatic ring is 2. The van der Waals surface area contributed by atoms with Gasteiger partial charge in [-0.25, -0.2) is 4.98 Å². The second-order valence-electron chi connectivity index (χ2n) is 9.25. The zero-order chi connectivity index (χ0) is 26.9. The van der Waals surface area contributed by atoms with E-state index in [0.717, 1.165) is 12.8 Å². The summed E-state index contributed by atoms with van der Waals surface area (Å²) in [4.78, 5) is 22.2. The maximum Gasteiger partial charge on any atom is 0.353 e. The van der Waals surface area contributed by atoms with E-state index >= 15 is 0 Å². The van der Waals surface area contributed by atoms with Gasteiger partial charge in [0.2, 0.25) is 5.95 Å². The molecule has 0 aliphatic carbocycles. The van der Waals surface area contributed by atoms with Gasteiger partial charge < -0.3 is 34.9 Å². The smallest absolute Gasteiger partial charge is 0.353 e. The van der Waals surface area contributed by atoms with Crippen LogP contribution in [0.2, 0.25) is 0 Å². The van der Waals surface area contributed by atoms with Gasteiger partial charge in [0.15, 0.2) is 11.5 Å². The predicted molar refractivity (Wildman–Crippen MR) is 147 cm³/mol. The first-order valence-corrected chi connectivity index (χ1v) is 15.1. The lowest BCUT2D eigenvalue weighted by Crippen LogP contribution is -2.18. The lowest BCUT2D eigenvalue weighted by Gasteiger charge is -2.17. The van der Waals surface area contributed by atoms with Crippen molar-refractivity contribution in [2.24, 2.45) is 0 Å². The van der Waals surface area contributed by atoms with Crippen LogP contribution in [0, 0.1) is 0 Å². The molecule has 2 rings (SSSR count). The number of nitrogens with two attached hydrogens (primary N) is 2. The van der Waals surface area contributed by atoms with Crippen LogP contribution in [0.25, 0.3) is 11.2 Å². The molecule has 0 saturated carbocycles. The van der Waals surface area contributed by atoms with E-state index in [9.17, 15) is 9.46 Å². The Hall–Kier alpha value is -2.04. The summed E-state index contributed by atoms with van der Waals surface area (Å²) in [6.07, 6.45) is 17.4. The van der Waals surface area contributed by atoms with Crippen LogP contribution in [0.3, 0.4) is 0 Å². The normalized spacial score (nSPS) is 14.5. The topological polar surface area (TPSA) is 161 Å². The highest BCUT2D eigenvalue weighted by Crippen LogP contribution is 2.41. The summed E-state index contributed by atoms with van der Waals surface area (Å²) < 4.78 is 30.1. The first-order chi connectivity index (χ1) is 17.8. The maximum absolute atomic E-state index is 12.2. The molecule has 2 atom stereocenters. The van der Waals surface area contributed by atoms with Crippen LogP contribution >= 0.6 is 7.60 Å². The molecule has 0 bridgehead atoms. The summed E-state index contributed by atoms with van der Waals surface area (Å²) in [6.45, 7) is 5.27. The Kier molecular flexibility index (Phi) is 14.7. The van der Waals surface area contributed by atoms with Gasteiger partial charge in [-0.2, -0.15) is 9.97 Å². The summed E-state index contributed by atoms with van der Waals surface area (Å²) in [5.74, 6) is 0.245. The van der Waals surface area contributed by atoms with Crippen molar-refractivity contribution in [1.82, 2.24) is 19.5 Å². The third-order valence-electron chi connectivity index (χ3n) is 5.81. The SMILES string of the molecule is CCCC/C=C\CCCCCCCCOCCOP(=O)(O)CO[C@H](C)Cn1cnc2c(N)nc(N)nc21. The molecule has 0 radical (unpaired) electrons. The van der Waals surface area contributed by atoms with Gasteiger partial charge in [-0.1, -0.05) is 57.6 Å². The van der Waals surface area contributed by atoms with E-state index in [4.69, 9.17) is 25.5 Å². The van der Waals surface area contributed by atoms with E-state index in [1.54, 1.807) is 17.8 Å². The highest BCUT2D eigenvalue weighted by atomic mass is 31.2. The van der Waals surface area contributed by atoms with E-state index in [1.807, 2.05) is 0 Å². The van der Waals surface area contributed by atoms with Crippen LogP contribution in [-0.4, -0.2) is 56.7 Å². The molecular weight excluding hydrogens is 495 g/mol. The highest BCUT2D eigenvalue weighted by Gasteiger charge is 2.22. The number of hydrogen-bond donors (Lipinski definition) is 3. The second-order valence-corrected chi connectivity index (χ2v) is 11.0. The Bertz CT molecular complexity index is 986. The van der Waals surface area contributed by atoms with Crippen LogP contribution in [0.4, 0.5) is 11.8 Å². The van der Waals surface area contributed by atoms with Gasteiger partial charge in [0.05, 0.1) is 32.2 Å². The number of aromatic nitrogens is 4. The van der Waals surface area contributed by atoms with Crippen molar-refractivity contribution in [3.63, 3.8) is 0 Å². The van der Waals surface area contributed by atoms with Crippen molar-refractivity contribution in [3.05, 3.63) is 18.5 Å². The van der Waals surface area contributed by atoms with Gasteiger partial charge in [-0.05, 0) is 32.6 Å². The lowest BCUT2D eigenvalue weighted by atomic mass is 10.1. The minimum atomic E-state index is -3.89. The average Bonchev–Trinajstić information content (AvgIpc) is 3.25. The zero-order valence-electron chi connectivity index (χ0n) is 22.4. The van der Waals surface area contributed by atoms with Crippen LogP contribution in [0.5, 0.6) is 0 Å². The minimum absolute atomic E-state index is 0.0406. The fraction of sp³-hybridized carbons (Fsp3) is 0.720. The van der Waals surface area contributed by atoms with Gasteiger partial charge >= 0.3 is 7.60 Å². The van der Waals surface area contributed by atoms with Crippen molar-refractivity contribution in [3.8, 4) is 0 Å². The number of fused-ring (bicyclic) bond motifs is 1. The Morgan fingerprint density at radius 2 is 1.73 bits per heavy atom. The van der Waals surface area contributed by atoms with Crippen LogP contribution in [0.15, 0.2) is 18.5 Å². The molecular formula is C25H45N6O5P. The third kappa shape index (κ3) is 12.8.